The van der Waals surface area contributed by atoms with E-state index in [1.807, 2.05) is 18.5 Å². The van der Waals surface area contributed by atoms with Crippen molar-refractivity contribution in [3.63, 3.8) is 0 Å². The molecule has 2 fully saturated rings. The molecule has 10 heteroatoms. The molecular formula is C18H21F2N5O2S. The van der Waals surface area contributed by atoms with Gasteiger partial charge in [0.05, 0.1) is 30.6 Å². The second-order valence-electron chi connectivity index (χ2n) is 8.17. The standard InChI is InChI=1S/C18H21F2N5O2S/c1-11-4-12(8-28(26,27)24-9-18(19,20)10-24)5-13(11)15-6-22-16-7-23-17-14(25(15)16)2-3-21-17/h2-3,6-7,11-13,21H,4-5,8-10H2,1H3/t11-,12+,13+/m1/s1. The fourth-order valence-electron chi connectivity index (χ4n) is 4.75. The first-order valence-corrected chi connectivity index (χ1v) is 11.0. The summed E-state index contributed by atoms with van der Waals surface area (Å²) in [5.74, 6) is -2.56. The van der Waals surface area contributed by atoms with Crippen molar-refractivity contribution in [2.75, 3.05) is 18.8 Å². The van der Waals surface area contributed by atoms with Crippen LogP contribution < -0.4 is 0 Å². The lowest BCUT2D eigenvalue weighted by atomic mass is 9.95. The van der Waals surface area contributed by atoms with Crippen LogP contribution in [0.3, 0.4) is 0 Å². The highest BCUT2D eigenvalue weighted by atomic mass is 32.2. The third-order valence-electron chi connectivity index (χ3n) is 6.08. The van der Waals surface area contributed by atoms with Gasteiger partial charge >= 0.3 is 0 Å². The smallest absolute Gasteiger partial charge is 0.275 e. The zero-order valence-corrected chi connectivity index (χ0v) is 16.2. The van der Waals surface area contributed by atoms with Crippen molar-refractivity contribution in [2.45, 2.75) is 31.6 Å². The average molecular weight is 409 g/mol. The zero-order chi connectivity index (χ0) is 19.7. The number of hydrogen-bond acceptors (Lipinski definition) is 4. The lowest BCUT2D eigenvalue weighted by Gasteiger charge is -2.38. The predicted octanol–water partition coefficient (Wildman–Crippen LogP) is 2.62. The molecule has 3 aromatic rings. The van der Waals surface area contributed by atoms with Crippen LogP contribution in [-0.4, -0.2) is 56.8 Å². The molecule has 0 unspecified atom stereocenters. The number of alkyl halides is 2. The van der Waals surface area contributed by atoms with Crippen molar-refractivity contribution in [2.24, 2.45) is 11.8 Å². The highest BCUT2D eigenvalue weighted by Gasteiger charge is 2.50. The minimum atomic E-state index is -3.65. The van der Waals surface area contributed by atoms with Gasteiger partial charge in [-0.3, -0.25) is 4.40 Å². The number of hydrogen-bond donors (Lipinski definition) is 1. The molecule has 7 nitrogen and oxygen atoms in total. The zero-order valence-electron chi connectivity index (χ0n) is 15.3. The minimum absolute atomic E-state index is 0.0478. The lowest BCUT2D eigenvalue weighted by Crippen LogP contribution is -2.59. The van der Waals surface area contributed by atoms with Crippen LogP contribution in [0.15, 0.2) is 24.7 Å². The van der Waals surface area contributed by atoms with Crippen LogP contribution in [0.5, 0.6) is 0 Å². The molecule has 0 bridgehead atoms. The molecule has 5 rings (SSSR count). The molecule has 0 amide bonds. The Hall–Kier alpha value is -2.07. The number of imidazole rings is 1. The first kappa shape index (κ1) is 18.0. The van der Waals surface area contributed by atoms with E-state index in [9.17, 15) is 17.2 Å². The molecule has 28 heavy (non-hydrogen) atoms. The summed E-state index contributed by atoms with van der Waals surface area (Å²) in [5.41, 5.74) is 3.52. The van der Waals surface area contributed by atoms with Crippen molar-refractivity contribution in [1.29, 1.82) is 0 Å². The van der Waals surface area contributed by atoms with Crippen LogP contribution in [0.4, 0.5) is 8.78 Å². The Kier molecular flexibility index (Phi) is 3.83. The lowest BCUT2D eigenvalue weighted by molar-refractivity contribution is -0.0946. The molecule has 1 aliphatic carbocycles. The Labute approximate surface area is 160 Å². The molecular weight excluding hydrogens is 388 g/mol. The summed E-state index contributed by atoms with van der Waals surface area (Å²) in [6.45, 7) is 0.740. The Morgan fingerprint density at radius 3 is 2.79 bits per heavy atom. The average Bonchev–Trinajstić information content (AvgIpc) is 3.29. The van der Waals surface area contributed by atoms with E-state index < -0.39 is 29.0 Å². The number of fused-ring (bicyclic) bond motifs is 3. The molecule has 1 saturated carbocycles. The monoisotopic (exact) mass is 409 g/mol. The van der Waals surface area contributed by atoms with Crippen molar-refractivity contribution in [3.8, 4) is 0 Å². The molecule has 1 aliphatic heterocycles. The third-order valence-corrected chi connectivity index (χ3v) is 8.02. The quantitative estimate of drug-likeness (QED) is 0.718. The van der Waals surface area contributed by atoms with Gasteiger partial charge in [-0.05, 0) is 30.7 Å². The summed E-state index contributed by atoms with van der Waals surface area (Å²) in [6, 6.07) is 1.95. The van der Waals surface area contributed by atoms with Crippen molar-refractivity contribution in [1.82, 2.24) is 23.7 Å². The number of H-pyrrole nitrogens is 1. The molecule has 3 atom stereocenters. The number of rotatable bonds is 4. The van der Waals surface area contributed by atoms with Gasteiger partial charge in [0.15, 0.2) is 11.3 Å². The summed E-state index contributed by atoms with van der Waals surface area (Å²) in [5, 5.41) is 0. The van der Waals surface area contributed by atoms with Gasteiger partial charge in [-0.15, -0.1) is 0 Å². The maximum atomic E-state index is 13.1. The summed E-state index contributed by atoms with van der Waals surface area (Å²) in [4.78, 5) is 11.9. The third kappa shape index (κ3) is 2.81. The molecule has 0 aromatic carbocycles. The molecule has 150 valence electrons. The van der Waals surface area contributed by atoms with Gasteiger partial charge in [-0.25, -0.2) is 27.2 Å². The maximum absolute atomic E-state index is 13.1. The molecule has 3 aromatic heterocycles. The van der Waals surface area contributed by atoms with Gasteiger partial charge in [0.1, 0.15) is 0 Å². The van der Waals surface area contributed by atoms with Crippen molar-refractivity contribution in [3.05, 3.63) is 30.4 Å². The first-order chi connectivity index (χ1) is 13.2. The van der Waals surface area contributed by atoms with Crippen LogP contribution in [0.1, 0.15) is 31.4 Å². The Bertz CT molecular complexity index is 1150. The fraction of sp³-hybridized carbons (Fsp3) is 0.556. The van der Waals surface area contributed by atoms with E-state index >= 15 is 0 Å². The van der Waals surface area contributed by atoms with Crippen LogP contribution >= 0.6 is 0 Å². The number of nitrogens with zero attached hydrogens (tertiary/aromatic N) is 4. The Morgan fingerprint density at radius 1 is 1.25 bits per heavy atom. The van der Waals surface area contributed by atoms with Crippen LogP contribution in [0.25, 0.3) is 16.8 Å². The van der Waals surface area contributed by atoms with Gasteiger partial charge in [0.2, 0.25) is 10.0 Å². The summed E-state index contributed by atoms with van der Waals surface area (Å²) in [6.07, 6.45) is 6.85. The number of nitrogens with one attached hydrogen (secondary N) is 1. The van der Waals surface area contributed by atoms with Gasteiger partial charge in [-0.2, -0.15) is 4.31 Å². The largest absolute Gasteiger partial charge is 0.345 e. The summed E-state index contributed by atoms with van der Waals surface area (Å²) in [7, 11) is -3.65. The number of aromatic nitrogens is 4. The van der Waals surface area contributed by atoms with E-state index in [1.54, 1.807) is 6.20 Å². The van der Waals surface area contributed by atoms with Gasteiger partial charge in [0.25, 0.3) is 5.92 Å². The SMILES string of the molecule is C[C@@H]1C[C@H](CS(=O)(=O)N2CC(F)(F)C2)C[C@@H]1c1cnc2cnc3[nH]ccc3n12. The second kappa shape index (κ2) is 5.96. The predicted molar refractivity (Wildman–Crippen MR) is 99.8 cm³/mol. The van der Waals surface area contributed by atoms with Crippen LogP contribution in [-0.2, 0) is 10.0 Å². The molecule has 0 spiro atoms. The number of sulfonamides is 1. The van der Waals surface area contributed by atoms with Crippen molar-refractivity contribution < 1.29 is 17.2 Å². The molecule has 4 heterocycles. The van der Waals surface area contributed by atoms with E-state index in [0.29, 0.717) is 6.42 Å². The van der Waals surface area contributed by atoms with Gasteiger partial charge in [-0.1, -0.05) is 6.92 Å². The highest BCUT2D eigenvalue weighted by molar-refractivity contribution is 7.89. The highest BCUT2D eigenvalue weighted by Crippen LogP contribution is 2.44. The molecule has 1 N–H and O–H groups in total. The molecule has 2 aliphatic rings. The van der Waals surface area contributed by atoms with Crippen LogP contribution in [0.2, 0.25) is 0 Å². The normalized spacial score (nSPS) is 28.2. The van der Waals surface area contributed by atoms with Gasteiger partial charge in [0, 0.05) is 24.0 Å². The first-order valence-electron chi connectivity index (χ1n) is 9.39. The summed E-state index contributed by atoms with van der Waals surface area (Å²) >= 11 is 0. The topological polar surface area (TPSA) is 83.4 Å². The van der Waals surface area contributed by atoms with Gasteiger partial charge < -0.3 is 4.98 Å². The maximum Gasteiger partial charge on any atom is 0.275 e. The van der Waals surface area contributed by atoms with Crippen molar-refractivity contribution >= 4 is 26.8 Å². The molecule has 1 saturated heterocycles. The van der Waals surface area contributed by atoms with E-state index in [-0.39, 0.29) is 23.5 Å². The van der Waals surface area contributed by atoms with E-state index in [1.165, 1.54) is 0 Å². The fourth-order valence-corrected chi connectivity index (χ4v) is 6.60. The summed E-state index contributed by atoms with van der Waals surface area (Å²) < 4.78 is 54.1. The Morgan fingerprint density at radius 2 is 2.04 bits per heavy atom. The minimum Gasteiger partial charge on any atom is -0.345 e. The van der Waals surface area contributed by atoms with E-state index in [2.05, 4.69) is 26.3 Å². The van der Waals surface area contributed by atoms with E-state index in [4.69, 9.17) is 0 Å². The molecule has 0 radical (unpaired) electrons. The van der Waals surface area contributed by atoms with Crippen LogP contribution in [0, 0.1) is 11.8 Å². The number of aromatic amines is 1. The van der Waals surface area contributed by atoms with E-state index in [0.717, 1.165) is 33.2 Å². The number of halogens is 2. The Balaban J connectivity index is 1.40. The second-order valence-corrected chi connectivity index (χ2v) is 10.2.